The molecule has 0 amide bonds. The van der Waals surface area contributed by atoms with E-state index in [4.69, 9.17) is 19.9 Å². The standard InChI is InChI=1S/C30H24N8P2/c1-2-10-20-19(9-1)31-27(32-20)39(28-33-21-11-3-4-12-22(21)34-28)17-18-40(29-35-23-13-5-6-14-24(23)36-29)30-37-25-15-7-8-16-26(25)38-30/h1-16H,17-18H2,(H,31,32)(H,33,34)(H,35,36)(H,37,38). The van der Waals surface area contributed by atoms with Crippen LogP contribution in [-0.4, -0.2) is 52.2 Å². The van der Waals surface area contributed by atoms with Crippen molar-refractivity contribution in [3.63, 3.8) is 0 Å². The van der Waals surface area contributed by atoms with Gasteiger partial charge in [-0.05, 0) is 60.9 Å². The van der Waals surface area contributed by atoms with Crippen molar-refractivity contribution in [3.8, 4) is 0 Å². The number of imidazole rings is 4. The normalized spacial score (nSPS) is 12.2. The molecule has 0 aliphatic heterocycles. The molecule has 4 heterocycles. The van der Waals surface area contributed by atoms with E-state index in [2.05, 4.69) is 68.5 Å². The Balaban J connectivity index is 1.22. The molecule has 4 aromatic heterocycles. The van der Waals surface area contributed by atoms with Gasteiger partial charge >= 0.3 is 0 Å². The number of aromatic nitrogens is 8. The summed E-state index contributed by atoms with van der Waals surface area (Å²) in [6, 6.07) is 32.8. The molecule has 194 valence electrons. The van der Waals surface area contributed by atoms with Crippen LogP contribution in [-0.2, 0) is 0 Å². The second kappa shape index (κ2) is 9.67. The molecule has 8 rings (SSSR count). The Hall–Kier alpha value is -4.38. The van der Waals surface area contributed by atoms with Crippen LogP contribution in [0, 0.1) is 0 Å². The van der Waals surface area contributed by atoms with Gasteiger partial charge < -0.3 is 19.9 Å². The first-order chi connectivity index (χ1) is 19.8. The smallest absolute Gasteiger partial charge is 0.137 e. The van der Waals surface area contributed by atoms with Gasteiger partial charge in [-0.3, -0.25) is 0 Å². The summed E-state index contributed by atoms with van der Waals surface area (Å²) in [5, 5.41) is 0. The fourth-order valence-corrected chi connectivity index (χ4v) is 9.88. The third-order valence-corrected chi connectivity index (χ3v) is 11.7. The maximum Gasteiger partial charge on any atom is 0.137 e. The number of benzene rings is 4. The van der Waals surface area contributed by atoms with E-state index >= 15 is 0 Å². The number of nitrogens with one attached hydrogen (secondary N) is 4. The number of fused-ring (bicyclic) bond motifs is 4. The van der Waals surface area contributed by atoms with Gasteiger partial charge in [-0.25, -0.2) is 19.9 Å². The Bertz CT molecular complexity index is 1690. The fraction of sp³-hybridized carbons (Fsp3) is 0.0667. The topological polar surface area (TPSA) is 115 Å². The number of hydrogen-bond acceptors (Lipinski definition) is 4. The average molecular weight is 559 g/mol. The van der Waals surface area contributed by atoms with E-state index in [1.54, 1.807) is 0 Å². The fourth-order valence-electron chi connectivity index (χ4n) is 5.09. The largest absolute Gasteiger partial charge is 0.338 e. The number of aromatic amines is 4. The first-order valence-electron chi connectivity index (χ1n) is 13.1. The monoisotopic (exact) mass is 558 g/mol. The zero-order valence-electron chi connectivity index (χ0n) is 21.3. The SMILES string of the molecule is c1ccc2[nH]c(P(CCP(c3nc4ccccc4[nH]3)c3nc4ccccc4[nH]3)c3nc4ccccc4[nH]3)nc2c1. The van der Waals surface area contributed by atoms with Crippen LogP contribution >= 0.6 is 15.8 Å². The molecule has 8 aromatic rings. The highest BCUT2D eigenvalue weighted by atomic mass is 31.1. The Kier molecular flexibility index (Phi) is 5.68. The van der Waals surface area contributed by atoms with Crippen LogP contribution < -0.4 is 22.3 Å². The van der Waals surface area contributed by atoms with Gasteiger partial charge in [-0.15, -0.1) is 0 Å². The third kappa shape index (κ3) is 4.17. The third-order valence-electron chi connectivity index (χ3n) is 7.08. The summed E-state index contributed by atoms with van der Waals surface area (Å²) in [4.78, 5) is 34.5. The maximum atomic E-state index is 5.03. The molecule has 10 heteroatoms. The molecule has 0 saturated heterocycles. The zero-order valence-corrected chi connectivity index (χ0v) is 23.1. The highest BCUT2D eigenvalue weighted by molar-refractivity contribution is 7.75. The molecule has 0 bridgehead atoms. The minimum absolute atomic E-state index is 0.870. The van der Waals surface area contributed by atoms with Crippen LogP contribution in [0.25, 0.3) is 44.1 Å². The van der Waals surface area contributed by atoms with Gasteiger partial charge in [-0.1, -0.05) is 48.5 Å². The van der Waals surface area contributed by atoms with Gasteiger partial charge in [0.15, 0.2) is 0 Å². The van der Waals surface area contributed by atoms with Crippen LogP contribution in [0.1, 0.15) is 0 Å². The summed E-state index contributed by atoms with van der Waals surface area (Å²) in [5.41, 5.74) is 11.9. The first kappa shape index (κ1) is 23.5. The molecule has 40 heavy (non-hydrogen) atoms. The van der Waals surface area contributed by atoms with E-state index in [-0.39, 0.29) is 0 Å². The lowest BCUT2D eigenvalue weighted by Crippen LogP contribution is -2.25. The van der Waals surface area contributed by atoms with Crippen molar-refractivity contribution in [1.82, 2.24) is 39.9 Å². The lowest BCUT2D eigenvalue weighted by atomic mass is 10.3. The van der Waals surface area contributed by atoms with E-state index in [1.807, 2.05) is 48.5 Å². The van der Waals surface area contributed by atoms with Gasteiger partial charge in [0.1, 0.15) is 22.3 Å². The molecular weight excluding hydrogens is 534 g/mol. The van der Waals surface area contributed by atoms with Gasteiger partial charge in [0.05, 0.1) is 44.1 Å². The molecule has 0 spiro atoms. The van der Waals surface area contributed by atoms with Crippen molar-refractivity contribution in [3.05, 3.63) is 97.1 Å². The van der Waals surface area contributed by atoms with Crippen LogP contribution in [0.4, 0.5) is 0 Å². The van der Waals surface area contributed by atoms with Gasteiger partial charge in [0, 0.05) is 15.8 Å². The molecule has 0 atom stereocenters. The Morgan fingerprint density at radius 1 is 0.375 bits per heavy atom. The molecule has 4 N–H and O–H groups in total. The quantitative estimate of drug-likeness (QED) is 0.211. The van der Waals surface area contributed by atoms with Crippen molar-refractivity contribution >= 4 is 82.2 Å². The number of rotatable bonds is 7. The molecule has 0 radical (unpaired) electrons. The van der Waals surface area contributed by atoms with Gasteiger partial charge in [0.2, 0.25) is 0 Å². The van der Waals surface area contributed by atoms with Crippen molar-refractivity contribution < 1.29 is 0 Å². The van der Waals surface area contributed by atoms with Crippen LogP contribution in [0.5, 0.6) is 0 Å². The highest BCUT2D eigenvalue weighted by Crippen LogP contribution is 2.40. The Morgan fingerprint density at radius 2 is 0.625 bits per heavy atom. The molecule has 0 unspecified atom stereocenters. The van der Waals surface area contributed by atoms with E-state index in [0.29, 0.717) is 0 Å². The predicted molar refractivity (Wildman–Crippen MR) is 166 cm³/mol. The molecule has 0 aliphatic rings. The van der Waals surface area contributed by atoms with Gasteiger partial charge in [-0.2, -0.15) is 0 Å². The number of H-pyrrole nitrogens is 4. The van der Waals surface area contributed by atoms with Crippen molar-refractivity contribution in [2.75, 3.05) is 12.3 Å². The minimum Gasteiger partial charge on any atom is -0.338 e. The molecule has 0 aliphatic carbocycles. The van der Waals surface area contributed by atoms with Crippen LogP contribution in [0.3, 0.4) is 0 Å². The number of nitrogens with zero attached hydrogens (tertiary/aromatic N) is 4. The summed E-state index contributed by atoms with van der Waals surface area (Å²) in [7, 11) is -1.81. The highest BCUT2D eigenvalue weighted by Gasteiger charge is 2.27. The van der Waals surface area contributed by atoms with E-state index < -0.39 is 15.8 Å². The van der Waals surface area contributed by atoms with Crippen molar-refractivity contribution in [2.45, 2.75) is 0 Å². The maximum absolute atomic E-state index is 5.03. The first-order valence-corrected chi connectivity index (χ1v) is 16.2. The second-order valence-corrected chi connectivity index (χ2v) is 13.9. The molecular formula is C30H24N8P2. The van der Waals surface area contributed by atoms with E-state index in [9.17, 15) is 0 Å². The van der Waals surface area contributed by atoms with E-state index in [0.717, 1.165) is 78.7 Å². The summed E-state index contributed by atoms with van der Waals surface area (Å²) in [6.45, 7) is 0. The van der Waals surface area contributed by atoms with E-state index in [1.165, 1.54) is 0 Å². The Labute approximate surface area is 231 Å². The van der Waals surface area contributed by atoms with Gasteiger partial charge in [0.25, 0.3) is 0 Å². The second-order valence-electron chi connectivity index (χ2n) is 9.61. The lowest BCUT2D eigenvalue weighted by molar-refractivity contribution is 1.35. The Morgan fingerprint density at radius 3 is 0.875 bits per heavy atom. The van der Waals surface area contributed by atoms with Crippen molar-refractivity contribution in [2.24, 2.45) is 0 Å². The average Bonchev–Trinajstić information content (AvgIpc) is 3.78. The minimum atomic E-state index is -0.906. The summed E-state index contributed by atoms with van der Waals surface area (Å²) >= 11 is 0. The summed E-state index contributed by atoms with van der Waals surface area (Å²) in [6.07, 6.45) is 1.74. The number of hydrogen-bond donors (Lipinski definition) is 4. The lowest BCUT2D eigenvalue weighted by Gasteiger charge is -2.17. The number of para-hydroxylation sites is 8. The molecule has 4 aromatic carbocycles. The molecule has 0 saturated carbocycles. The summed E-state index contributed by atoms with van der Waals surface area (Å²) < 4.78 is 0. The zero-order chi connectivity index (χ0) is 26.5. The van der Waals surface area contributed by atoms with Crippen LogP contribution in [0.15, 0.2) is 97.1 Å². The molecule has 8 nitrogen and oxygen atoms in total. The predicted octanol–water partition coefficient (Wildman–Crippen LogP) is 4.76. The van der Waals surface area contributed by atoms with Crippen LogP contribution in [0.2, 0.25) is 0 Å². The summed E-state index contributed by atoms with van der Waals surface area (Å²) in [5.74, 6) is 0. The van der Waals surface area contributed by atoms with Crippen molar-refractivity contribution in [1.29, 1.82) is 0 Å². The molecule has 0 fully saturated rings.